The van der Waals surface area contributed by atoms with E-state index < -0.39 is 0 Å². The van der Waals surface area contributed by atoms with Gasteiger partial charge in [0.15, 0.2) is 0 Å². The number of hydrogen-bond acceptors (Lipinski definition) is 3. The Bertz CT molecular complexity index is 495. The number of likely N-dealkylation sites (tertiary alicyclic amines) is 1. The maximum Gasteiger partial charge on any atom is 0.269 e. The predicted octanol–water partition coefficient (Wildman–Crippen LogP) is 2.08. The fraction of sp³-hybridized carbons (Fsp3) is 0.765. The Kier molecular flexibility index (Phi) is 6.00. The minimum atomic E-state index is -0.00540. The number of hydrogen-bond donors (Lipinski definition) is 1. The van der Waals surface area contributed by atoms with Crippen molar-refractivity contribution in [3.8, 4) is 0 Å². The molecule has 0 spiro atoms. The lowest BCUT2D eigenvalue weighted by Crippen LogP contribution is -2.34. The van der Waals surface area contributed by atoms with Gasteiger partial charge < -0.3 is 10.2 Å². The predicted molar refractivity (Wildman–Crippen MR) is 88.9 cm³/mol. The van der Waals surface area contributed by atoms with Crippen LogP contribution < -0.4 is 5.32 Å². The number of carbonyl (C=O) groups is 1. The molecule has 1 atom stereocenters. The molecule has 1 N–H and O–H groups in total. The standard InChI is InChI=1S/C17H30N4O/c1-13(2)10-15-11-16(21(4)19-15)17(22)18-8-7-14-6-5-9-20(3)12-14/h11,13-14H,5-10,12H2,1-4H3,(H,18,22). The highest BCUT2D eigenvalue weighted by Crippen LogP contribution is 2.17. The fourth-order valence-corrected chi connectivity index (χ4v) is 3.25. The number of aryl methyl sites for hydroxylation is 1. The quantitative estimate of drug-likeness (QED) is 0.875. The number of carbonyl (C=O) groups excluding carboxylic acids is 1. The first-order chi connectivity index (χ1) is 10.5. The molecule has 1 fully saturated rings. The van der Waals surface area contributed by atoms with E-state index >= 15 is 0 Å². The summed E-state index contributed by atoms with van der Waals surface area (Å²) in [4.78, 5) is 14.7. The van der Waals surface area contributed by atoms with E-state index in [2.05, 4.69) is 36.2 Å². The second kappa shape index (κ2) is 7.77. The molecule has 1 aromatic heterocycles. The van der Waals surface area contributed by atoms with Gasteiger partial charge in [0, 0.05) is 20.1 Å². The Morgan fingerprint density at radius 3 is 2.91 bits per heavy atom. The molecule has 0 saturated carbocycles. The zero-order valence-corrected chi connectivity index (χ0v) is 14.4. The topological polar surface area (TPSA) is 50.2 Å². The second-order valence-corrected chi connectivity index (χ2v) is 7.06. The van der Waals surface area contributed by atoms with Gasteiger partial charge in [0.25, 0.3) is 5.91 Å². The monoisotopic (exact) mass is 306 g/mol. The molecule has 5 heteroatoms. The van der Waals surface area contributed by atoms with Crippen molar-refractivity contribution < 1.29 is 4.79 Å². The van der Waals surface area contributed by atoms with Crippen molar-refractivity contribution in [2.45, 2.75) is 39.5 Å². The van der Waals surface area contributed by atoms with E-state index in [4.69, 9.17) is 0 Å². The number of piperidine rings is 1. The first-order valence-corrected chi connectivity index (χ1v) is 8.45. The van der Waals surface area contributed by atoms with E-state index in [1.54, 1.807) is 4.68 Å². The molecular weight excluding hydrogens is 276 g/mol. The van der Waals surface area contributed by atoms with Gasteiger partial charge in [0.05, 0.1) is 5.69 Å². The van der Waals surface area contributed by atoms with E-state index in [9.17, 15) is 4.79 Å². The van der Waals surface area contributed by atoms with Crippen molar-refractivity contribution >= 4 is 5.91 Å². The van der Waals surface area contributed by atoms with Crippen LogP contribution in [0.4, 0.5) is 0 Å². The molecular formula is C17H30N4O. The molecule has 1 aromatic rings. The van der Waals surface area contributed by atoms with Crippen molar-refractivity contribution in [3.63, 3.8) is 0 Å². The van der Waals surface area contributed by atoms with Crippen molar-refractivity contribution in [3.05, 3.63) is 17.5 Å². The molecule has 0 aliphatic carbocycles. The Morgan fingerprint density at radius 1 is 1.45 bits per heavy atom. The van der Waals surface area contributed by atoms with Gasteiger partial charge in [-0.25, -0.2) is 0 Å². The number of nitrogens with zero attached hydrogens (tertiary/aromatic N) is 3. The van der Waals surface area contributed by atoms with Crippen LogP contribution in [0.2, 0.25) is 0 Å². The van der Waals surface area contributed by atoms with Crippen LogP contribution in [0.3, 0.4) is 0 Å². The molecule has 124 valence electrons. The molecule has 0 bridgehead atoms. The van der Waals surface area contributed by atoms with E-state index in [-0.39, 0.29) is 5.91 Å². The molecule has 1 aliphatic heterocycles. The lowest BCUT2D eigenvalue weighted by atomic mass is 9.95. The minimum absolute atomic E-state index is 0.00540. The maximum absolute atomic E-state index is 12.3. The number of aromatic nitrogens is 2. The fourth-order valence-electron chi connectivity index (χ4n) is 3.25. The van der Waals surface area contributed by atoms with Crippen LogP contribution in [0.15, 0.2) is 6.07 Å². The number of amides is 1. The minimum Gasteiger partial charge on any atom is -0.351 e. The summed E-state index contributed by atoms with van der Waals surface area (Å²) < 4.78 is 1.70. The second-order valence-electron chi connectivity index (χ2n) is 7.06. The van der Waals surface area contributed by atoms with Crippen LogP contribution in [0.25, 0.3) is 0 Å². The summed E-state index contributed by atoms with van der Waals surface area (Å²) in [6.07, 6.45) is 4.53. The average molecular weight is 306 g/mol. The van der Waals surface area contributed by atoms with Gasteiger partial charge in [-0.15, -0.1) is 0 Å². The largest absolute Gasteiger partial charge is 0.351 e. The average Bonchev–Trinajstić information content (AvgIpc) is 2.78. The van der Waals surface area contributed by atoms with Crippen LogP contribution >= 0.6 is 0 Å². The van der Waals surface area contributed by atoms with Crippen molar-refractivity contribution in [2.24, 2.45) is 18.9 Å². The Balaban J connectivity index is 1.80. The lowest BCUT2D eigenvalue weighted by molar-refractivity contribution is 0.0939. The first kappa shape index (κ1) is 17.0. The van der Waals surface area contributed by atoms with Crippen LogP contribution in [-0.2, 0) is 13.5 Å². The summed E-state index contributed by atoms with van der Waals surface area (Å²) in [5, 5.41) is 7.48. The van der Waals surface area contributed by atoms with Gasteiger partial charge in [0.1, 0.15) is 5.69 Å². The molecule has 0 radical (unpaired) electrons. The highest BCUT2D eigenvalue weighted by atomic mass is 16.2. The van der Waals surface area contributed by atoms with Gasteiger partial charge in [-0.3, -0.25) is 9.48 Å². The summed E-state index contributed by atoms with van der Waals surface area (Å²) in [5.74, 6) is 1.25. The molecule has 5 nitrogen and oxygen atoms in total. The highest BCUT2D eigenvalue weighted by molar-refractivity contribution is 5.92. The Labute approximate surface area is 134 Å². The molecule has 2 heterocycles. The van der Waals surface area contributed by atoms with E-state index in [0.29, 0.717) is 17.5 Å². The molecule has 1 saturated heterocycles. The first-order valence-electron chi connectivity index (χ1n) is 8.45. The van der Waals surface area contributed by atoms with Gasteiger partial charge in [-0.1, -0.05) is 13.8 Å². The summed E-state index contributed by atoms with van der Waals surface area (Å²) in [5.41, 5.74) is 1.66. The summed E-state index contributed by atoms with van der Waals surface area (Å²) in [6.45, 7) is 7.43. The number of rotatable bonds is 6. The van der Waals surface area contributed by atoms with Gasteiger partial charge in [-0.2, -0.15) is 5.10 Å². The third kappa shape index (κ3) is 4.83. The van der Waals surface area contributed by atoms with Gasteiger partial charge in [0.2, 0.25) is 0 Å². The smallest absolute Gasteiger partial charge is 0.269 e. The Hall–Kier alpha value is -1.36. The molecule has 1 aliphatic rings. The molecule has 1 unspecified atom stereocenters. The summed E-state index contributed by atoms with van der Waals surface area (Å²) in [6, 6.07) is 1.92. The van der Waals surface area contributed by atoms with E-state index in [0.717, 1.165) is 31.6 Å². The van der Waals surface area contributed by atoms with Crippen molar-refractivity contribution in [2.75, 3.05) is 26.7 Å². The Morgan fingerprint density at radius 2 is 2.23 bits per heavy atom. The maximum atomic E-state index is 12.3. The SMILES string of the molecule is CC(C)Cc1cc(C(=O)NCCC2CCCN(C)C2)n(C)n1. The van der Waals surface area contributed by atoms with Crippen molar-refractivity contribution in [1.29, 1.82) is 0 Å². The van der Waals surface area contributed by atoms with Crippen LogP contribution in [0, 0.1) is 11.8 Å². The lowest BCUT2D eigenvalue weighted by Gasteiger charge is -2.29. The zero-order valence-electron chi connectivity index (χ0n) is 14.4. The summed E-state index contributed by atoms with van der Waals surface area (Å²) in [7, 11) is 4.02. The van der Waals surface area contributed by atoms with Crippen LogP contribution in [0.5, 0.6) is 0 Å². The van der Waals surface area contributed by atoms with Crippen LogP contribution in [0.1, 0.15) is 49.3 Å². The van der Waals surface area contributed by atoms with Gasteiger partial charge >= 0.3 is 0 Å². The molecule has 22 heavy (non-hydrogen) atoms. The normalized spacial score (nSPS) is 19.6. The zero-order chi connectivity index (χ0) is 16.1. The number of nitrogens with one attached hydrogen (secondary N) is 1. The molecule has 1 amide bonds. The third-order valence-corrected chi connectivity index (χ3v) is 4.34. The highest BCUT2D eigenvalue weighted by Gasteiger charge is 2.18. The van der Waals surface area contributed by atoms with E-state index in [1.807, 2.05) is 13.1 Å². The van der Waals surface area contributed by atoms with Crippen molar-refractivity contribution in [1.82, 2.24) is 20.0 Å². The van der Waals surface area contributed by atoms with E-state index in [1.165, 1.54) is 19.4 Å². The molecule has 2 rings (SSSR count). The van der Waals surface area contributed by atoms with Gasteiger partial charge in [-0.05, 0) is 57.2 Å². The third-order valence-electron chi connectivity index (χ3n) is 4.34. The van der Waals surface area contributed by atoms with Crippen LogP contribution in [-0.4, -0.2) is 47.3 Å². The summed E-state index contributed by atoms with van der Waals surface area (Å²) >= 11 is 0. The molecule has 0 aromatic carbocycles.